The predicted octanol–water partition coefficient (Wildman–Crippen LogP) is 9.98. The first-order valence-corrected chi connectivity index (χ1v) is 12.5. The van der Waals surface area contributed by atoms with Gasteiger partial charge in [-0.15, -0.1) is 13.2 Å². The van der Waals surface area contributed by atoms with Gasteiger partial charge in [-0.05, 0) is 79.8 Å². The van der Waals surface area contributed by atoms with Crippen molar-refractivity contribution in [1.82, 2.24) is 0 Å². The summed E-state index contributed by atoms with van der Waals surface area (Å²) in [5, 5.41) is 0. The zero-order valence-electron chi connectivity index (χ0n) is 20.9. The van der Waals surface area contributed by atoms with Crippen molar-refractivity contribution in [3.05, 3.63) is 76.9 Å². The van der Waals surface area contributed by atoms with Crippen molar-refractivity contribution in [2.24, 2.45) is 5.92 Å². The van der Waals surface area contributed by atoms with Crippen molar-refractivity contribution >= 4 is 0 Å². The summed E-state index contributed by atoms with van der Waals surface area (Å²) in [5.74, 6) is -6.20. The maximum absolute atomic E-state index is 15.8. The zero-order chi connectivity index (χ0) is 27.6. The molecule has 1 fully saturated rings. The monoisotopic (exact) mass is 540 g/mol. The molecule has 0 heterocycles. The molecule has 204 valence electrons. The van der Waals surface area contributed by atoms with E-state index in [4.69, 9.17) is 4.74 Å². The second-order valence-electron chi connectivity index (χ2n) is 9.65. The summed E-state index contributed by atoms with van der Waals surface area (Å²) in [6, 6.07) is 8.44. The fourth-order valence-electron chi connectivity index (χ4n) is 5.21. The number of benzene rings is 3. The van der Waals surface area contributed by atoms with Crippen molar-refractivity contribution < 1.29 is 40.2 Å². The van der Waals surface area contributed by atoms with E-state index in [2.05, 4.69) is 11.7 Å². The van der Waals surface area contributed by atoms with Crippen LogP contribution in [0, 0.1) is 36.1 Å². The number of halogens is 7. The van der Waals surface area contributed by atoms with Crippen LogP contribution < -0.4 is 9.47 Å². The van der Waals surface area contributed by atoms with Crippen molar-refractivity contribution in [3.63, 3.8) is 0 Å². The lowest BCUT2D eigenvalue weighted by Gasteiger charge is -2.29. The van der Waals surface area contributed by atoms with Crippen LogP contribution in [0.2, 0.25) is 0 Å². The molecule has 3 aromatic carbocycles. The molecule has 0 spiro atoms. The van der Waals surface area contributed by atoms with Gasteiger partial charge in [0.25, 0.3) is 0 Å². The van der Waals surface area contributed by atoms with Gasteiger partial charge in [-0.25, -0.2) is 17.6 Å². The quantitative estimate of drug-likeness (QED) is 0.278. The van der Waals surface area contributed by atoms with Crippen LogP contribution in [-0.4, -0.2) is 6.36 Å². The molecule has 0 N–H and O–H groups in total. The molecule has 0 amide bonds. The van der Waals surface area contributed by atoms with Crippen LogP contribution in [0.3, 0.4) is 0 Å². The third-order valence-corrected chi connectivity index (χ3v) is 6.97. The summed E-state index contributed by atoms with van der Waals surface area (Å²) in [7, 11) is 0. The van der Waals surface area contributed by atoms with E-state index in [0.717, 1.165) is 25.7 Å². The molecule has 3 aromatic rings. The summed E-state index contributed by atoms with van der Waals surface area (Å²) < 4.78 is 106. The number of aryl methyl sites for hydroxylation is 1. The summed E-state index contributed by atoms with van der Waals surface area (Å²) in [6.07, 6.45) is -0.0577. The van der Waals surface area contributed by atoms with Crippen molar-refractivity contribution in [2.45, 2.75) is 64.7 Å². The average molecular weight is 541 g/mol. The number of para-hydroxylation sites is 1. The largest absolute Gasteiger partial charge is 0.573 e. The van der Waals surface area contributed by atoms with Gasteiger partial charge in [0.15, 0.2) is 23.2 Å². The van der Waals surface area contributed by atoms with Crippen LogP contribution in [0.15, 0.2) is 42.5 Å². The minimum atomic E-state index is -5.28. The summed E-state index contributed by atoms with van der Waals surface area (Å²) in [6.45, 7) is 3.59. The van der Waals surface area contributed by atoms with E-state index >= 15 is 4.39 Å². The fraction of sp³-hybridized carbons (Fsp3) is 0.379. The van der Waals surface area contributed by atoms with Crippen molar-refractivity contribution in [3.8, 4) is 28.4 Å². The smallest absolute Gasteiger partial charge is 0.453 e. The normalized spacial score (nSPS) is 17.9. The van der Waals surface area contributed by atoms with Gasteiger partial charge in [-0.2, -0.15) is 0 Å². The van der Waals surface area contributed by atoms with Gasteiger partial charge in [-0.3, -0.25) is 0 Å². The molecule has 9 heteroatoms. The van der Waals surface area contributed by atoms with Gasteiger partial charge < -0.3 is 9.47 Å². The minimum absolute atomic E-state index is 0.0120. The van der Waals surface area contributed by atoms with Crippen LogP contribution in [-0.2, 0) is 0 Å². The Bertz CT molecular complexity index is 1270. The molecule has 0 aliphatic heterocycles. The van der Waals surface area contributed by atoms with Gasteiger partial charge in [0.2, 0.25) is 5.75 Å². The Morgan fingerprint density at radius 2 is 1.47 bits per heavy atom. The Hall–Kier alpha value is -3.23. The Kier molecular flexibility index (Phi) is 8.23. The highest BCUT2D eigenvalue weighted by atomic mass is 19.4. The molecule has 0 unspecified atom stereocenters. The van der Waals surface area contributed by atoms with Gasteiger partial charge >= 0.3 is 6.36 Å². The third kappa shape index (κ3) is 6.08. The molecule has 1 aliphatic carbocycles. The van der Waals surface area contributed by atoms with E-state index in [-0.39, 0.29) is 39.7 Å². The maximum Gasteiger partial charge on any atom is 0.573 e. The predicted molar refractivity (Wildman–Crippen MR) is 129 cm³/mol. The molecular weight excluding hydrogens is 513 g/mol. The lowest BCUT2D eigenvalue weighted by atomic mass is 9.77. The molecule has 1 saturated carbocycles. The SMILES string of the molecule is CCCC1CCC(c2c(F)cc(C)c(Oc3ccccc3-c3cc(F)c(OC(F)(F)F)c(F)c3)c2F)CC1. The van der Waals surface area contributed by atoms with E-state index < -0.39 is 35.4 Å². The molecule has 0 aromatic heterocycles. The second-order valence-corrected chi connectivity index (χ2v) is 9.65. The van der Waals surface area contributed by atoms with Crippen LogP contribution in [0.25, 0.3) is 11.1 Å². The second kappa shape index (κ2) is 11.3. The average Bonchev–Trinajstić information content (AvgIpc) is 2.85. The molecule has 38 heavy (non-hydrogen) atoms. The van der Waals surface area contributed by atoms with Crippen molar-refractivity contribution in [1.29, 1.82) is 0 Å². The molecule has 1 aliphatic rings. The number of ether oxygens (including phenoxy) is 2. The Morgan fingerprint density at radius 1 is 0.842 bits per heavy atom. The highest BCUT2D eigenvalue weighted by Gasteiger charge is 2.34. The summed E-state index contributed by atoms with van der Waals surface area (Å²) >= 11 is 0. The van der Waals surface area contributed by atoms with E-state index in [1.807, 2.05) is 0 Å². The van der Waals surface area contributed by atoms with Gasteiger partial charge in [-0.1, -0.05) is 38.0 Å². The maximum atomic E-state index is 15.8. The van der Waals surface area contributed by atoms with E-state index in [1.54, 1.807) is 6.07 Å². The molecule has 4 rings (SSSR count). The Morgan fingerprint density at radius 3 is 2.08 bits per heavy atom. The summed E-state index contributed by atoms with van der Waals surface area (Å²) in [4.78, 5) is 0. The topological polar surface area (TPSA) is 18.5 Å². The molecule has 0 bridgehead atoms. The molecule has 0 atom stereocenters. The first-order chi connectivity index (χ1) is 18.0. The van der Waals surface area contributed by atoms with Gasteiger partial charge in [0, 0.05) is 11.1 Å². The minimum Gasteiger partial charge on any atom is -0.453 e. The summed E-state index contributed by atoms with van der Waals surface area (Å²) in [5.41, 5.74) is 0.0849. The van der Waals surface area contributed by atoms with E-state index in [0.29, 0.717) is 30.9 Å². The van der Waals surface area contributed by atoms with E-state index in [1.165, 1.54) is 31.2 Å². The number of rotatable bonds is 7. The molecule has 0 saturated heterocycles. The Balaban J connectivity index is 1.68. The van der Waals surface area contributed by atoms with E-state index in [9.17, 15) is 26.3 Å². The molecular formula is C29H27F7O2. The Labute approximate surface area is 216 Å². The van der Waals surface area contributed by atoms with Crippen molar-refractivity contribution in [2.75, 3.05) is 0 Å². The molecule has 2 nitrogen and oxygen atoms in total. The van der Waals surface area contributed by atoms with Crippen LogP contribution >= 0.6 is 0 Å². The highest BCUT2D eigenvalue weighted by Crippen LogP contribution is 2.44. The standard InChI is InChI=1S/C29H27F7O2/c1-3-6-17-9-11-18(12-10-17)25-21(30)13-16(2)27(26(25)33)37-24-8-5-4-7-20(24)19-14-22(31)28(23(32)15-19)38-29(34,35)36/h4-5,7-8,13-15,17-18H,3,6,9-12H2,1-2H3. The number of hydrogen-bond acceptors (Lipinski definition) is 2. The zero-order valence-corrected chi connectivity index (χ0v) is 20.9. The van der Waals surface area contributed by atoms with Gasteiger partial charge in [0.1, 0.15) is 11.6 Å². The molecule has 0 radical (unpaired) electrons. The van der Waals surface area contributed by atoms with Gasteiger partial charge in [0.05, 0.1) is 0 Å². The fourth-order valence-corrected chi connectivity index (χ4v) is 5.21. The highest BCUT2D eigenvalue weighted by molar-refractivity contribution is 5.72. The van der Waals surface area contributed by atoms with Crippen LogP contribution in [0.1, 0.15) is 62.5 Å². The number of hydrogen-bond donors (Lipinski definition) is 0. The lowest BCUT2D eigenvalue weighted by molar-refractivity contribution is -0.276. The van der Waals surface area contributed by atoms with Crippen LogP contribution in [0.4, 0.5) is 30.7 Å². The van der Waals surface area contributed by atoms with Crippen LogP contribution in [0.5, 0.6) is 17.2 Å². The first-order valence-electron chi connectivity index (χ1n) is 12.5. The third-order valence-electron chi connectivity index (χ3n) is 6.97. The number of alkyl halides is 3. The lowest BCUT2D eigenvalue weighted by Crippen LogP contribution is -2.19. The first kappa shape index (κ1) is 27.8.